The van der Waals surface area contributed by atoms with Crippen LogP contribution < -0.4 is 0 Å². The van der Waals surface area contributed by atoms with Gasteiger partial charge in [-0.15, -0.1) is 10.2 Å². The summed E-state index contributed by atoms with van der Waals surface area (Å²) in [7, 11) is 0. The van der Waals surface area contributed by atoms with E-state index in [-0.39, 0.29) is 6.04 Å². The van der Waals surface area contributed by atoms with Gasteiger partial charge in [-0.2, -0.15) is 0 Å². The fraction of sp³-hybridized carbons (Fsp3) is 0.333. The largest absolute Gasteiger partial charge is 0.308 e. The molecule has 6 heteroatoms. The maximum absolute atomic E-state index is 6.21. The number of hydrogen-bond donors (Lipinski definition) is 0. The third-order valence-electron chi connectivity index (χ3n) is 2.57. The van der Waals surface area contributed by atoms with Crippen molar-refractivity contribution in [2.75, 3.05) is 0 Å². The van der Waals surface area contributed by atoms with Gasteiger partial charge in [-0.1, -0.05) is 39.1 Å². The summed E-state index contributed by atoms with van der Waals surface area (Å²) in [6.45, 7) is 4.16. The van der Waals surface area contributed by atoms with Gasteiger partial charge in [0.1, 0.15) is 5.82 Å². The van der Waals surface area contributed by atoms with Crippen molar-refractivity contribution >= 4 is 39.1 Å². The van der Waals surface area contributed by atoms with E-state index in [2.05, 4.69) is 40.0 Å². The first-order valence-corrected chi connectivity index (χ1v) is 7.37. The van der Waals surface area contributed by atoms with Crippen LogP contribution in [-0.4, -0.2) is 14.8 Å². The van der Waals surface area contributed by atoms with Crippen molar-refractivity contribution in [3.8, 4) is 11.4 Å². The molecule has 1 aromatic heterocycles. The van der Waals surface area contributed by atoms with Gasteiger partial charge in [0, 0.05) is 16.6 Å². The molecular weight excluding hydrogens is 337 g/mol. The lowest BCUT2D eigenvalue weighted by Crippen LogP contribution is -2.07. The number of aromatic nitrogens is 3. The van der Waals surface area contributed by atoms with E-state index in [9.17, 15) is 0 Å². The van der Waals surface area contributed by atoms with E-state index in [1.807, 2.05) is 10.6 Å². The van der Waals surface area contributed by atoms with Crippen LogP contribution in [0.2, 0.25) is 10.0 Å². The topological polar surface area (TPSA) is 30.7 Å². The molecule has 0 bridgehead atoms. The summed E-state index contributed by atoms with van der Waals surface area (Å²) in [5.74, 6) is 1.61. The van der Waals surface area contributed by atoms with Crippen molar-refractivity contribution in [2.24, 2.45) is 0 Å². The molecule has 2 rings (SSSR count). The van der Waals surface area contributed by atoms with Crippen molar-refractivity contribution in [3.63, 3.8) is 0 Å². The van der Waals surface area contributed by atoms with E-state index in [1.165, 1.54) is 0 Å². The Morgan fingerprint density at radius 2 is 2.00 bits per heavy atom. The molecule has 96 valence electrons. The maximum atomic E-state index is 6.21. The van der Waals surface area contributed by atoms with Crippen LogP contribution in [0, 0.1) is 0 Å². The molecule has 0 fully saturated rings. The second-order valence-electron chi connectivity index (χ2n) is 4.16. The number of alkyl halides is 1. The Morgan fingerprint density at radius 3 is 2.61 bits per heavy atom. The van der Waals surface area contributed by atoms with Crippen LogP contribution in [0.1, 0.15) is 25.7 Å². The number of hydrogen-bond acceptors (Lipinski definition) is 2. The Kier molecular flexibility index (Phi) is 4.30. The molecule has 0 N–H and O–H groups in total. The molecule has 0 aliphatic rings. The minimum Gasteiger partial charge on any atom is -0.308 e. The molecule has 0 saturated carbocycles. The zero-order valence-corrected chi connectivity index (χ0v) is 13.1. The lowest BCUT2D eigenvalue weighted by atomic mass is 10.2. The molecule has 0 spiro atoms. The van der Waals surface area contributed by atoms with Gasteiger partial charge in [-0.05, 0) is 32.0 Å². The maximum Gasteiger partial charge on any atom is 0.165 e. The summed E-state index contributed by atoms with van der Waals surface area (Å²) in [5.41, 5.74) is 0.803. The van der Waals surface area contributed by atoms with Gasteiger partial charge in [-0.25, -0.2) is 0 Å². The Morgan fingerprint density at radius 1 is 1.28 bits per heavy atom. The SMILES string of the molecule is CC(C)n1c(CBr)nnc1-c1cc(Cl)ccc1Cl. The Balaban J connectivity index is 2.63. The molecule has 0 saturated heterocycles. The molecule has 0 aliphatic carbocycles. The number of halogens is 3. The predicted octanol–water partition coefficient (Wildman–Crippen LogP) is 4.73. The van der Waals surface area contributed by atoms with Crippen LogP contribution in [0.5, 0.6) is 0 Å². The number of benzene rings is 1. The second kappa shape index (κ2) is 5.59. The molecule has 1 aromatic carbocycles. The van der Waals surface area contributed by atoms with Crippen LogP contribution in [-0.2, 0) is 5.33 Å². The van der Waals surface area contributed by atoms with Gasteiger partial charge < -0.3 is 4.57 Å². The third kappa shape index (κ3) is 2.56. The molecular formula is C12H12BrCl2N3. The van der Waals surface area contributed by atoms with Crippen molar-refractivity contribution < 1.29 is 0 Å². The standard InChI is InChI=1S/C12H12BrCl2N3/c1-7(2)18-11(6-13)16-17-12(18)9-5-8(14)3-4-10(9)15/h3-5,7H,6H2,1-2H3. The molecule has 3 nitrogen and oxygen atoms in total. The van der Waals surface area contributed by atoms with Crippen LogP contribution in [0.4, 0.5) is 0 Å². The smallest absolute Gasteiger partial charge is 0.165 e. The highest BCUT2D eigenvalue weighted by Crippen LogP contribution is 2.31. The molecule has 0 aliphatic heterocycles. The van der Waals surface area contributed by atoms with E-state index in [1.54, 1.807) is 12.1 Å². The lowest BCUT2D eigenvalue weighted by molar-refractivity contribution is 0.586. The van der Waals surface area contributed by atoms with Crippen molar-refractivity contribution in [2.45, 2.75) is 25.2 Å². The van der Waals surface area contributed by atoms with E-state index in [0.29, 0.717) is 15.4 Å². The summed E-state index contributed by atoms with van der Waals surface area (Å²) in [4.78, 5) is 0. The molecule has 2 aromatic rings. The van der Waals surface area contributed by atoms with E-state index in [0.717, 1.165) is 17.2 Å². The van der Waals surface area contributed by atoms with Crippen molar-refractivity contribution in [3.05, 3.63) is 34.1 Å². The van der Waals surface area contributed by atoms with Gasteiger partial charge >= 0.3 is 0 Å². The summed E-state index contributed by atoms with van der Waals surface area (Å²) >= 11 is 15.6. The highest BCUT2D eigenvalue weighted by atomic mass is 79.9. The Hall–Kier alpha value is -0.580. The van der Waals surface area contributed by atoms with Gasteiger partial charge in [0.15, 0.2) is 5.82 Å². The van der Waals surface area contributed by atoms with Gasteiger partial charge in [0.2, 0.25) is 0 Å². The highest BCUT2D eigenvalue weighted by Gasteiger charge is 2.17. The first-order valence-electron chi connectivity index (χ1n) is 5.49. The Bertz CT molecular complexity index is 566. The quantitative estimate of drug-likeness (QED) is 0.751. The highest BCUT2D eigenvalue weighted by molar-refractivity contribution is 9.08. The average Bonchev–Trinajstić information content (AvgIpc) is 2.75. The number of rotatable bonds is 3. The zero-order valence-electron chi connectivity index (χ0n) is 9.99. The monoisotopic (exact) mass is 347 g/mol. The normalized spacial score (nSPS) is 11.2. The van der Waals surface area contributed by atoms with Crippen molar-refractivity contribution in [1.29, 1.82) is 0 Å². The minimum atomic E-state index is 0.248. The van der Waals surface area contributed by atoms with Crippen LogP contribution in [0.25, 0.3) is 11.4 Å². The molecule has 0 amide bonds. The summed E-state index contributed by atoms with van der Waals surface area (Å²) in [6, 6.07) is 5.59. The Labute approximate surface area is 124 Å². The van der Waals surface area contributed by atoms with Crippen LogP contribution in [0.3, 0.4) is 0 Å². The predicted molar refractivity (Wildman–Crippen MR) is 78.5 cm³/mol. The molecule has 1 heterocycles. The summed E-state index contributed by atoms with van der Waals surface area (Å²) < 4.78 is 2.05. The van der Waals surface area contributed by atoms with Crippen molar-refractivity contribution in [1.82, 2.24) is 14.8 Å². The first-order chi connectivity index (χ1) is 8.54. The van der Waals surface area contributed by atoms with E-state index in [4.69, 9.17) is 23.2 Å². The lowest BCUT2D eigenvalue weighted by Gasteiger charge is -2.14. The minimum absolute atomic E-state index is 0.248. The van der Waals surface area contributed by atoms with Gasteiger partial charge in [0.25, 0.3) is 0 Å². The zero-order chi connectivity index (χ0) is 13.3. The van der Waals surface area contributed by atoms with Gasteiger partial charge in [-0.3, -0.25) is 0 Å². The first kappa shape index (κ1) is 13.8. The van der Waals surface area contributed by atoms with E-state index >= 15 is 0 Å². The third-order valence-corrected chi connectivity index (χ3v) is 3.64. The molecule has 18 heavy (non-hydrogen) atoms. The molecule has 0 atom stereocenters. The summed E-state index contributed by atoms with van der Waals surface area (Å²) in [6.07, 6.45) is 0. The van der Waals surface area contributed by atoms with E-state index < -0.39 is 0 Å². The molecule has 0 radical (unpaired) electrons. The summed E-state index contributed by atoms with van der Waals surface area (Å²) in [5, 5.41) is 10.3. The molecule has 0 unspecified atom stereocenters. The number of nitrogens with zero attached hydrogens (tertiary/aromatic N) is 3. The fourth-order valence-electron chi connectivity index (χ4n) is 1.81. The average molecular weight is 349 g/mol. The second-order valence-corrected chi connectivity index (χ2v) is 5.57. The fourth-order valence-corrected chi connectivity index (χ4v) is 2.57. The van der Waals surface area contributed by atoms with Crippen LogP contribution in [0.15, 0.2) is 18.2 Å². The van der Waals surface area contributed by atoms with Crippen LogP contribution >= 0.6 is 39.1 Å². The van der Waals surface area contributed by atoms with Gasteiger partial charge in [0.05, 0.1) is 10.4 Å².